The van der Waals surface area contributed by atoms with E-state index in [4.69, 9.17) is 0 Å². The van der Waals surface area contributed by atoms with Crippen molar-refractivity contribution in [3.63, 3.8) is 0 Å². The van der Waals surface area contributed by atoms with Crippen molar-refractivity contribution in [3.8, 4) is 0 Å². The van der Waals surface area contributed by atoms with Gasteiger partial charge in [0.1, 0.15) is 0 Å². The van der Waals surface area contributed by atoms with E-state index in [1.807, 2.05) is 0 Å². The fraction of sp³-hybridized carbons (Fsp3) is 0.571. The van der Waals surface area contributed by atoms with E-state index >= 15 is 0 Å². The number of nitrogens with one attached hydrogen (secondary N) is 1. The molecule has 0 aliphatic carbocycles. The summed E-state index contributed by atoms with van der Waals surface area (Å²) in [6.45, 7) is 2.94. The smallest absolute Gasteiger partial charge is 0.398 e. The lowest BCUT2D eigenvalue weighted by molar-refractivity contribution is -0.161. The van der Waals surface area contributed by atoms with Crippen molar-refractivity contribution >= 4 is 17.8 Å². The normalized spacial score (nSPS) is 8.85. The van der Waals surface area contributed by atoms with E-state index in [-0.39, 0.29) is 6.61 Å². The van der Waals surface area contributed by atoms with E-state index in [0.717, 1.165) is 5.01 Å². The van der Waals surface area contributed by atoms with Crippen LogP contribution >= 0.6 is 0 Å². The summed E-state index contributed by atoms with van der Waals surface area (Å²) >= 11 is 0. The number of amides is 2. The first kappa shape index (κ1) is 11.4. The Morgan fingerprint density at radius 1 is 1.38 bits per heavy atom. The maximum absolute atomic E-state index is 11.0. The molecule has 6 nitrogen and oxygen atoms in total. The predicted molar refractivity (Wildman–Crippen MR) is 43.2 cm³/mol. The van der Waals surface area contributed by atoms with Gasteiger partial charge in [0.05, 0.1) is 6.61 Å². The Bertz CT molecular complexity index is 227. The van der Waals surface area contributed by atoms with Gasteiger partial charge in [0.2, 0.25) is 5.91 Å². The first-order valence-corrected chi connectivity index (χ1v) is 3.71. The van der Waals surface area contributed by atoms with Crippen LogP contribution in [0.25, 0.3) is 0 Å². The van der Waals surface area contributed by atoms with Crippen LogP contribution in [0.15, 0.2) is 0 Å². The van der Waals surface area contributed by atoms with Gasteiger partial charge in [0.15, 0.2) is 0 Å². The molecule has 0 saturated heterocycles. The zero-order chi connectivity index (χ0) is 10.4. The summed E-state index contributed by atoms with van der Waals surface area (Å²) in [6, 6.07) is 0. The molecule has 0 spiro atoms. The largest absolute Gasteiger partial charge is 0.459 e. The third-order valence-electron chi connectivity index (χ3n) is 1.08. The molecule has 0 unspecified atom stereocenters. The Labute approximate surface area is 75.8 Å². The number of nitrogens with zero attached hydrogens (tertiary/aromatic N) is 1. The molecule has 0 fully saturated rings. The van der Waals surface area contributed by atoms with Gasteiger partial charge in [0.25, 0.3) is 0 Å². The molecular formula is C7H12N2O4. The van der Waals surface area contributed by atoms with Crippen LogP contribution in [0.4, 0.5) is 0 Å². The number of rotatable bonds is 1. The second-order valence-electron chi connectivity index (χ2n) is 2.25. The average Bonchev–Trinajstić information content (AvgIpc) is 2.02. The zero-order valence-electron chi connectivity index (χ0n) is 7.79. The number of hydrogen-bond acceptors (Lipinski definition) is 4. The third-order valence-corrected chi connectivity index (χ3v) is 1.08. The minimum Gasteiger partial charge on any atom is -0.459 e. The van der Waals surface area contributed by atoms with Crippen molar-refractivity contribution in [1.82, 2.24) is 10.4 Å². The van der Waals surface area contributed by atoms with E-state index < -0.39 is 17.8 Å². The molecule has 0 aliphatic rings. The highest BCUT2D eigenvalue weighted by Gasteiger charge is 2.20. The van der Waals surface area contributed by atoms with Crippen LogP contribution in [-0.4, -0.2) is 36.4 Å². The molecule has 1 N–H and O–H groups in total. The minimum absolute atomic E-state index is 0.123. The number of carbonyl (C=O) groups excluding carboxylic acids is 3. The zero-order valence-corrected chi connectivity index (χ0v) is 7.79. The number of esters is 1. The molecule has 0 aromatic rings. The van der Waals surface area contributed by atoms with Gasteiger partial charge in [0, 0.05) is 14.0 Å². The monoisotopic (exact) mass is 188 g/mol. The van der Waals surface area contributed by atoms with E-state index in [0.29, 0.717) is 0 Å². The first-order chi connectivity index (χ1) is 5.99. The standard InChI is InChI=1S/C7H12N2O4/c1-4-13-7(12)6(11)9(3)8-5(2)10/h4H2,1-3H3,(H,8,10). The van der Waals surface area contributed by atoms with Crippen molar-refractivity contribution in [2.75, 3.05) is 13.7 Å². The lowest BCUT2D eigenvalue weighted by Crippen LogP contribution is -2.46. The molecule has 0 bridgehead atoms. The molecule has 0 rings (SSSR count). The second kappa shape index (κ2) is 5.13. The second-order valence-corrected chi connectivity index (χ2v) is 2.25. The molecule has 0 aliphatic heterocycles. The number of likely N-dealkylation sites (N-methyl/N-ethyl adjacent to an activating group) is 1. The van der Waals surface area contributed by atoms with Crippen LogP contribution in [0.2, 0.25) is 0 Å². The van der Waals surface area contributed by atoms with E-state index in [2.05, 4.69) is 10.2 Å². The SMILES string of the molecule is CCOC(=O)C(=O)N(C)NC(C)=O. The molecule has 13 heavy (non-hydrogen) atoms. The highest BCUT2D eigenvalue weighted by atomic mass is 16.5. The van der Waals surface area contributed by atoms with E-state index in [1.54, 1.807) is 6.92 Å². The number of hydrazine groups is 1. The van der Waals surface area contributed by atoms with Gasteiger partial charge in [-0.25, -0.2) is 9.80 Å². The van der Waals surface area contributed by atoms with Crippen LogP contribution in [0, 0.1) is 0 Å². The van der Waals surface area contributed by atoms with E-state index in [1.165, 1.54) is 14.0 Å². The van der Waals surface area contributed by atoms with Crippen LogP contribution < -0.4 is 5.43 Å². The minimum atomic E-state index is -0.987. The van der Waals surface area contributed by atoms with Gasteiger partial charge in [-0.1, -0.05) is 0 Å². The molecule has 0 aromatic carbocycles. The lowest BCUT2D eigenvalue weighted by Gasteiger charge is -2.15. The summed E-state index contributed by atoms with van der Waals surface area (Å²) in [5, 5.41) is 0.778. The summed E-state index contributed by atoms with van der Waals surface area (Å²) < 4.78 is 4.42. The number of carbonyl (C=O) groups is 3. The van der Waals surface area contributed by atoms with Crippen LogP contribution in [-0.2, 0) is 19.1 Å². The molecule has 6 heteroatoms. The molecular weight excluding hydrogens is 176 g/mol. The summed E-state index contributed by atoms with van der Waals surface area (Å²) in [5.74, 6) is -2.32. The Morgan fingerprint density at radius 2 is 1.92 bits per heavy atom. The summed E-state index contributed by atoms with van der Waals surface area (Å²) in [7, 11) is 1.26. The van der Waals surface area contributed by atoms with Crippen LogP contribution in [0.1, 0.15) is 13.8 Å². The Kier molecular flexibility index (Phi) is 4.50. The summed E-state index contributed by atoms with van der Waals surface area (Å²) in [5.41, 5.74) is 2.13. The fourth-order valence-corrected chi connectivity index (χ4v) is 0.617. The average molecular weight is 188 g/mol. The van der Waals surface area contributed by atoms with E-state index in [9.17, 15) is 14.4 Å². The molecule has 74 valence electrons. The Balaban J connectivity index is 4.09. The molecule has 0 aromatic heterocycles. The molecule has 0 heterocycles. The highest BCUT2D eigenvalue weighted by molar-refractivity contribution is 6.32. The van der Waals surface area contributed by atoms with Gasteiger partial charge >= 0.3 is 11.9 Å². The molecule has 0 radical (unpaired) electrons. The van der Waals surface area contributed by atoms with Gasteiger partial charge in [-0.15, -0.1) is 0 Å². The van der Waals surface area contributed by atoms with Crippen LogP contribution in [0.5, 0.6) is 0 Å². The van der Waals surface area contributed by atoms with Gasteiger partial charge in [-0.2, -0.15) is 0 Å². The van der Waals surface area contributed by atoms with Gasteiger partial charge < -0.3 is 4.74 Å². The van der Waals surface area contributed by atoms with Crippen molar-refractivity contribution in [3.05, 3.63) is 0 Å². The maximum Gasteiger partial charge on any atom is 0.398 e. The summed E-state index contributed by atoms with van der Waals surface area (Å²) in [6.07, 6.45) is 0. The van der Waals surface area contributed by atoms with Crippen molar-refractivity contribution in [2.24, 2.45) is 0 Å². The van der Waals surface area contributed by atoms with Crippen molar-refractivity contribution in [1.29, 1.82) is 0 Å². The number of hydrogen-bond donors (Lipinski definition) is 1. The Morgan fingerprint density at radius 3 is 2.31 bits per heavy atom. The molecule has 2 amide bonds. The van der Waals surface area contributed by atoms with Crippen LogP contribution in [0.3, 0.4) is 0 Å². The quantitative estimate of drug-likeness (QED) is 0.327. The van der Waals surface area contributed by atoms with Crippen molar-refractivity contribution < 1.29 is 19.1 Å². The molecule has 0 saturated carbocycles. The Hall–Kier alpha value is -1.59. The van der Waals surface area contributed by atoms with Gasteiger partial charge in [-0.3, -0.25) is 15.0 Å². The highest BCUT2D eigenvalue weighted by Crippen LogP contribution is 1.85. The molecule has 0 atom stereocenters. The lowest BCUT2D eigenvalue weighted by atomic mass is 10.6. The maximum atomic E-state index is 11.0. The summed E-state index contributed by atoms with van der Waals surface area (Å²) in [4.78, 5) is 32.3. The predicted octanol–water partition coefficient (Wildman–Crippen LogP) is -0.941. The van der Waals surface area contributed by atoms with Gasteiger partial charge in [-0.05, 0) is 6.92 Å². The topological polar surface area (TPSA) is 75.7 Å². The first-order valence-electron chi connectivity index (χ1n) is 3.71. The number of ether oxygens (including phenoxy) is 1. The third kappa shape index (κ3) is 4.09. The fourth-order valence-electron chi connectivity index (χ4n) is 0.617. The van der Waals surface area contributed by atoms with Crippen molar-refractivity contribution in [2.45, 2.75) is 13.8 Å².